The highest BCUT2D eigenvalue weighted by Crippen LogP contribution is 2.13. The molecule has 0 spiro atoms. The molecule has 0 heterocycles. The predicted molar refractivity (Wildman–Crippen MR) is 95.3 cm³/mol. The molecule has 0 aliphatic rings. The summed E-state index contributed by atoms with van der Waals surface area (Å²) >= 11 is 1.53. The van der Waals surface area contributed by atoms with Gasteiger partial charge in [-0.05, 0) is 11.1 Å². The number of benzene rings is 2. The molecule has 0 saturated carbocycles. The molecule has 0 radical (unpaired) electrons. The van der Waals surface area contributed by atoms with Crippen molar-refractivity contribution in [1.82, 2.24) is 5.32 Å². The van der Waals surface area contributed by atoms with Crippen molar-refractivity contribution in [3.05, 3.63) is 71.8 Å². The molecule has 0 fully saturated rings. The third kappa shape index (κ3) is 6.34. The number of hydrogen-bond acceptors (Lipinski definition) is 4. The second-order valence-corrected chi connectivity index (χ2v) is 6.19. The van der Waals surface area contributed by atoms with Gasteiger partial charge in [-0.2, -0.15) is 11.8 Å². The Balaban J connectivity index is 1.75. The van der Waals surface area contributed by atoms with Gasteiger partial charge in [0.15, 0.2) is 0 Å². The molecule has 0 unspecified atom stereocenters. The molecule has 0 aliphatic heterocycles. The van der Waals surface area contributed by atoms with Gasteiger partial charge in [-0.15, -0.1) is 0 Å². The van der Waals surface area contributed by atoms with Crippen molar-refractivity contribution in [1.29, 1.82) is 0 Å². The van der Waals surface area contributed by atoms with Crippen LogP contribution in [0.4, 0.5) is 4.79 Å². The number of amides is 2. The minimum Gasteiger partial charge on any atom is -0.445 e. The van der Waals surface area contributed by atoms with Crippen LogP contribution >= 0.6 is 11.8 Å². The second kappa shape index (κ2) is 9.62. The van der Waals surface area contributed by atoms with E-state index in [9.17, 15) is 9.59 Å². The number of thioether (sulfide) groups is 1. The number of carbonyl (C=O) groups is 2. The highest BCUT2D eigenvalue weighted by Gasteiger charge is 2.18. The summed E-state index contributed by atoms with van der Waals surface area (Å²) in [6.07, 6.45) is -0.650. The molecule has 0 bridgehead atoms. The van der Waals surface area contributed by atoms with Crippen LogP contribution in [0.3, 0.4) is 0 Å². The Morgan fingerprint density at radius 1 is 1.00 bits per heavy atom. The predicted octanol–water partition coefficient (Wildman–Crippen LogP) is 2.70. The van der Waals surface area contributed by atoms with E-state index < -0.39 is 18.0 Å². The SMILES string of the molecule is NC(=O)[C@H](CSCc1ccccc1)NC(=O)OCc1ccccc1. The monoisotopic (exact) mass is 344 g/mol. The van der Waals surface area contributed by atoms with Crippen molar-refractivity contribution in [2.45, 2.75) is 18.4 Å². The normalized spacial score (nSPS) is 11.5. The average Bonchev–Trinajstić information content (AvgIpc) is 2.61. The highest BCUT2D eigenvalue weighted by molar-refractivity contribution is 7.98. The molecule has 2 aromatic carbocycles. The smallest absolute Gasteiger partial charge is 0.408 e. The van der Waals surface area contributed by atoms with Crippen molar-refractivity contribution in [3.63, 3.8) is 0 Å². The van der Waals surface area contributed by atoms with Gasteiger partial charge in [-0.3, -0.25) is 4.79 Å². The lowest BCUT2D eigenvalue weighted by molar-refractivity contribution is -0.119. The first-order chi connectivity index (χ1) is 11.6. The van der Waals surface area contributed by atoms with Gasteiger partial charge in [-0.25, -0.2) is 4.79 Å². The van der Waals surface area contributed by atoms with E-state index >= 15 is 0 Å². The number of nitrogens with one attached hydrogen (secondary N) is 1. The summed E-state index contributed by atoms with van der Waals surface area (Å²) in [5, 5.41) is 2.52. The number of nitrogens with two attached hydrogens (primary N) is 1. The van der Waals surface area contributed by atoms with Crippen LogP contribution in [0.5, 0.6) is 0 Å². The zero-order valence-electron chi connectivity index (χ0n) is 13.2. The molecule has 24 heavy (non-hydrogen) atoms. The average molecular weight is 344 g/mol. The van der Waals surface area contributed by atoms with Crippen LogP contribution in [-0.4, -0.2) is 23.8 Å². The van der Waals surface area contributed by atoms with Crippen molar-refractivity contribution in [2.75, 3.05) is 5.75 Å². The maximum atomic E-state index is 11.8. The number of primary amides is 1. The molecular formula is C18H20N2O3S. The first-order valence-electron chi connectivity index (χ1n) is 7.53. The second-order valence-electron chi connectivity index (χ2n) is 5.16. The summed E-state index contributed by atoms with van der Waals surface area (Å²) in [7, 11) is 0. The first-order valence-corrected chi connectivity index (χ1v) is 8.69. The zero-order chi connectivity index (χ0) is 17.2. The van der Waals surface area contributed by atoms with Crippen molar-refractivity contribution in [2.24, 2.45) is 5.73 Å². The van der Waals surface area contributed by atoms with Gasteiger partial charge in [0, 0.05) is 11.5 Å². The van der Waals surface area contributed by atoms with Gasteiger partial charge < -0.3 is 15.8 Å². The number of alkyl carbamates (subject to hydrolysis) is 1. The summed E-state index contributed by atoms with van der Waals surface area (Å²) in [6, 6.07) is 18.4. The summed E-state index contributed by atoms with van der Waals surface area (Å²) in [5.74, 6) is 0.558. The van der Waals surface area contributed by atoms with Crippen molar-refractivity contribution in [3.8, 4) is 0 Å². The quantitative estimate of drug-likeness (QED) is 0.771. The van der Waals surface area contributed by atoms with Crippen LogP contribution in [-0.2, 0) is 21.9 Å². The standard InChI is InChI=1S/C18H20N2O3S/c19-17(21)16(13-24-12-15-9-5-2-6-10-15)20-18(22)23-11-14-7-3-1-4-8-14/h1-10,16H,11-13H2,(H2,19,21)(H,20,22)/t16-/m0/s1. The third-order valence-corrected chi connectivity index (χ3v) is 4.35. The van der Waals surface area contributed by atoms with E-state index in [1.807, 2.05) is 60.7 Å². The molecule has 2 rings (SSSR count). The maximum absolute atomic E-state index is 11.8. The van der Waals surface area contributed by atoms with Gasteiger partial charge in [-0.1, -0.05) is 60.7 Å². The van der Waals surface area contributed by atoms with Crippen LogP contribution in [0.15, 0.2) is 60.7 Å². The molecule has 0 aliphatic carbocycles. The van der Waals surface area contributed by atoms with Crippen molar-refractivity contribution >= 4 is 23.8 Å². The first kappa shape index (κ1) is 17.9. The Morgan fingerprint density at radius 3 is 2.17 bits per heavy atom. The minimum absolute atomic E-state index is 0.148. The summed E-state index contributed by atoms with van der Waals surface area (Å²) < 4.78 is 5.11. The molecule has 2 aromatic rings. The van der Waals surface area contributed by atoms with E-state index in [1.54, 1.807) is 0 Å². The Bertz CT molecular complexity index is 650. The van der Waals surface area contributed by atoms with E-state index in [-0.39, 0.29) is 6.61 Å². The largest absolute Gasteiger partial charge is 0.445 e. The van der Waals surface area contributed by atoms with Crippen LogP contribution in [0.1, 0.15) is 11.1 Å². The van der Waals surface area contributed by atoms with Gasteiger partial charge in [0.25, 0.3) is 0 Å². The number of hydrogen-bond donors (Lipinski definition) is 2. The van der Waals surface area contributed by atoms with E-state index in [0.29, 0.717) is 5.75 Å². The van der Waals surface area contributed by atoms with Gasteiger partial charge in [0.1, 0.15) is 12.6 Å². The van der Waals surface area contributed by atoms with Crippen LogP contribution in [0, 0.1) is 0 Å². The van der Waals surface area contributed by atoms with E-state index in [0.717, 1.165) is 16.9 Å². The van der Waals surface area contributed by atoms with Gasteiger partial charge >= 0.3 is 6.09 Å². The Labute approximate surface area is 145 Å². The fourth-order valence-electron chi connectivity index (χ4n) is 1.97. The third-order valence-electron chi connectivity index (χ3n) is 3.24. The fraction of sp³-hybridized carbons (Fsp3) is 0.222. The molecule has 126 valence electrons. The molecule has 0 aromatic heterocycles. The Morgan fingerprint density at radius 2 is 1.58 bits per heavy atom. The van der Waals surface area contributed by atoms with E-state index in [2.05, 4.69) is 5.32 Å². The molecule has 0 saturated heterocycles. The Kier molecular flexibility index (Phi) is 7.17. The molecule has 2 amide bonds. The molecule has 1 atom stereocenters. The van der Waals surface area contributed by atoms with E-state index in [4.69, 9.17) is 10.5 Å². The van der Waals surface area contributed by atoms with Gasteiger partial charge in [0.05, 0.1) is 0 Å². The fourth-order valence-corrected chi connectivity index (χ4v) is 3.00. The number of rotatable bonds is 8. The van der Waals surface area contributed by atoms with E-state index in [1.165, 1.54) is 11.8 Å². The molecule has 3 N–H and O–H groups in total. The zero-order valence-corrected chi connectivity index (χ0v) is 14.0. The molecular weight excluding hydrogens is 324 g/mol. The summed E-state index contributed by atoms with van der Waals surface area (Å²) in [5.41, 5.74) is 7.38. The van der Waals surface area contributed by atoms with Crippen LogP contribution in [0.25, 0.3) is 0 Å². The maximum Gasteiger partial charge on any atom is 0.408 e. The number of ether oxygens (including phenoxy) is 1. The van der Waals surface area contributed by atoms with Crippen LogP contribution in [0.2, 0.25) is 0 Å². The van der Waals surface area contributed by atoms with Crippen LogP contribution < -0.4 is 11.1 Å². The lowest BCUT2D eigenvalue weighted by Gasteiger charge is -2.15. The molecule has 5 nitrogen and oxygen atoms in total. The summed E-state index contributed by atoms with van der Waals surface area (Å²) in [6.45, 7) is 0.148. The van der Waals surface area contributed by atoms with Gasteiger partial charge in [0.2, 0.25) is 5.91 Å². The minimum atomic E-state index is -0.762. The highest BCUT2D eigenvalue weighted by atomic mass is 32.2. The topological polar surface area (TPSA) is 81.4 Å². The lowest BCUT2D eigenvalue weighted by atomic mass is 10.2. The number of carbonyl (C=O) groups excluding carboxylic acids is 2. The molecule has 6 heteroatoms. The lowest BCUT2D eigenvalue weighted by Crippen LogP contribution is -2.46. The Hall–Kier alpha value is -2.47. The van der Waals surface area contributed by atoms with Crippen molar-refractivity contribution < 1.29 is 14.3 Å². The summed E-state index contributed by atoms with van der Waals surface area (Å²) in [4.78, 5) is 23.3.